The van der Waals surface area contributed by atoms with Crippen LogP contribution in [0.3, 0.4) is 0 Å². The maximum absolute atomic E-state index is 12.7. The van der Waals surface area contributed by atoms with Gasteiger partial charge in [0.05, 0.1) is 0 Å². The third-order valence-corrected chi connectivity index (χ3v) is 8.26. The maximum Gasteiger partial charge on any atom is 0.251 e. The van der Waals surface area contributed by atoms with Gasteiger partial charge < -0.3 is 10.4 Å². The monoisotopic (exact) mass is 439 g/mol. The van der Waals surface area contributed by atoms with Crippen molar-refractivity contribution in [2.75, 3.05) is 6.54 Å². The SMILES string of the molecule is CC(C)c1cc2c(cc1O)[C@@]1(C)CCC[C@@](C)(CNC(=O)c3ccc(Cl)cc3)[C@@H]1CC2. The smallest absolute Gasteiger partial charge is 0.251 e. The van der Waals surface area contributed by atoms with E-state index in [0.29, 0.717) is 34.7 Å². The normalized spacial score (nSPS) is 27.5. The summed E-state index contributed by atoms with van der Waals surface area (Å²) in [4.78, 5) is 12.7. The van der Waals surface area contributed by atoms with E-state index in [2.05, 4.69) is 45.1 Å². The van der Waals surface area contributed by atoms with Gasteiger partial charge in [0.2, 0.25) is 0 Å². The quantitative estimate of drug-likeness (QED) is 0.563. The Kier molecular flexibility index (Phi) is 5.85. The van der Waals surface area contributed by atoms with Gasteiger partial charge in [0, 0.05) is 17.1 Å². The summed E-state index contributed by atoms with van der Waals surface area (Å²) in [6.45, 7) is 9.65. The van der Waals surface area contributed by atoms with Crippen LogP contribution in [0.5, 0.6) is 5.75 Å². The molecule has 0 aliphatic heterocycles. The standard InChI is InChI=1S/C27H34ClNO2/c1-17(2)21-14-19-8-11-24-26(3,12-5-13-27(24,4)22(19)15-23(21)30)16-29-25(31)18-6-9-20(28)10-7-18/h6-7,9-10,14-15,17,24,30H,5,8,11-13,16H2,1-4H3,(H,29,31)/t24-,26-,27+/m0/s1. The molecule has 0 spiro atoms. The fourth-order valence-corrected chi connectivity index (χ4v) is 6.44. The Hall–Kier alpha value is -2.00. The Morgan fingerprint density at radius 2 is 1.90 bits per heavy atom. The summed E-state index contributed by atoms with van der Waals surface area (Å²) in [6.07, 6.45) is 5.54. The molecule has 3 atom stereocenters. The average molecular weight is 440 g/mol. The van der Waals surface area contributed by atoms with Gasteiger partial charge in [-0.05, 0) is 95.4 Å². The lowest BCUT2D eigenvalue weighted by molar-refractivity contribution is 0.0253. The molecule has 31 heavy (non-hydrogen) atoms. The fourth-order valence-electron chi connectivity index (χ4n) is 6.32. The van der Waals surface area contributed by atoms with E-state index in [9.17, 15) is 9.90 Å². The molecule has 2 aromatic rings. The summed E-state index contributed by atoms with van der Waals surface area (Å²) in [7, 11) is 0. The number of hydrogen-bond donors (Lipinski definition) is 2. The molecule has 0 bridgehead atoms. The Morgan fingerprint density at radius 1 is 1.19 bits per heavy atom. The molecule has 0 radical (unpaired) electrons. The van der Waals surface area contributed by atoms with E-state index in [4.69, 9.17) is 11.6 Å². The molecule has 0 aromatic heterocycles. The number of hydrogen-bond acceptors (Lipinski definition) is 2. The van der Waals surface area contributed by atoms with Crippen LogP contribution in [0.15, 0.2) is 36.4 Å². The second kappa shape index (κ2) is 8.16. The summed E-state index contributed by atoms with van der Waals surface area (Å²) >= 11 is 5.96. The summed E-state index contributed by atoms with van der Waals surface area (Å²) in [5.41, 5.74) is 4.47. The third-order valence-electron chi connectivity index (χ3n) is 8.01. The number of aromatic hydroxyl groups is 1. The van der Waals surface area contributed by atoms with Crippen molar-refractivity contribution in [3.8, 4) is 5.75 Å². The summed E-state index contributed by atoms with van der Waals surface area (Å²) in [5, 5.41) is 14.6. The first-order valence-electron chi connectivity index (χ1n) is 11.5. The van der Waals surface area contributed by atoms with Crippen LogP contribution in [-0.4, -0.2) is 17.6 Å². The van der Waals surface area contributed by atoms with Gasteiger partial charge in [-0.1, -0.05) is 51.8 Å². The first-order valence-corrected chi connectivity index (χ1v) is 11.9. The number of phenols is 1. The second-order valence-electron chi connectivity index (χ2n) is 10.4. The molecule has 2 aliphatic carbocycles. The minimum Gasteiger partial charge on any atom is -0.508 e. The van der Waals surface area contributed by atoms with Crippen molar-refractivity contribution in [3.63, 3.8) is 0 Å². The molecule has 1 saturated carbocycles. The predicted octanol–water partition coefficient (Wildman–Crippen LogP) is 6.61. The molecule has 1 fully saturated rings. The Bertz CT molecular complexity index is 983. The van der Waals surface area contributed by atoms with E-state index in [1.165, 1.54) is 11.1 Å². The van der Waals surface area contributed by atoms with E-state index in [0.717, 1.165) is 37.7 Å². The zero-order valence-corrected chi connectivity index (χ0v) is 19.9. The summed E-state index contributed by atoms with van der Waals surface area (Å²) in [5.74, 6) is 1.17. The van der Waals surface area contributed by atoms with Crippen LogP contribution in [0.1, 0.15) is 86.3 Å². The predicted molar refractivity (Wildman–Crippen MR) is 127 cm³/mol. The summed E-state index contributed by atoms with van der Waals surface area (Å²) < 4.78 is 0. The molecule has 166 valence electrons. The van der Waals surface area contributed by atoms with Crippen molar-refractivity contribution in [2.45, 2.75) is 71.1 Å². The van der Waals surface area contributed by atoms with Crippen LogP contribution in [-0.2, 0) is 11.8 Å². The highest BCUT2D eigenvalue weighted by atomic mass is 35.5. The van der Waals surface area contributed by atoms with Gasteiger partial charge in [-0.25, -0.2) is 0 Å². The Labute approximate surface area is 191 Å². The van der Waals surface area contributed by atoms with E-state index < -0.39 is 0 Å². The first kappa shape index (κ1) is 22.2. The Morgan fingerprint density at radius 3 is 2.58 bits per heavy atom. The molecule has 3 nitrogen and oxygen atoms in total. The topological polar surface area (TPSA) is 49.3 Å². The molecule has 4 rings (SSSR count). The molecule has 4 heteroatoms. The zero-order valence-electron chi connectivity index (χ0n) is 19.1. The number of nitrogens with one attached hydrogen (secondary N) is 1. The number of carbonyl (C=O) groups excluding carboxylic acids is 1. The van der Waals surface area contributed by atoms with Crippen LogP contribution in [0.4, 0.5) is 0 Å². The number of carbonyl (C=O) groups is 1. The van der Waals surface area contributed by atoms with Crippen LogP contribution in [0.2, 0.25) is 5.02 Å². The van der Waals surface area contributed by atoms with E-state index in [1.807, 2.05) is 0 Å². The maximum atomic E-state index is 12.7. The van der Waals surface area contributed by atoms with Crippen molar-refractivity contribution in [1.29, 1.82) is 0 Å². The minimum absolute atomic E-state index is 0.0264. The Balaban J connectivity index is 1.59. The van der Waals surface area contributed by atoms with E-state index in [-0.39, 0.29) is 16.7 Å². The van der Waals surface area contributed by atoms with Gasteiger partial charge in [0.25, 0.3) is 5.91 Å². The van der Waals surface area contributed by atoms with Crippen molar-refractivity contribution < 1.29 is 9.90 Å². The molecular formula is C27H34ClNO2. The number of phenolic OH excluding ortho intramolecular Hbond substituents is 1. The molecule has 0 saturated heterocycles. The fraction of sp³-hybridized carbons (Fsp3) is 0.519. The van der Waals surface area contributed by atoms with Gasteiger partial charge in [0.1, 0.15) is 5.75 Å². The number of aryl methyl sites for hydroxylation is 1. The number of rotatable bonds is 4. The second-order valence-corrected chi connectivity index (χ2v) is 10.9. The highest BCUT2D eigenvalue weighted by Crippen LogP contribution is 2.57. The summed E-state index contributed by atoms with van der Waals surface area (Å²) in [6, 6.07) is 11.4. The lowest BCUT2D eigenvalue weighted by Crippen LogP contribution is -2.53. The van der Waals surface area contributed by atoms with Crippen LogP contribution in [0.25, 0.3) is 0 Å². The number of amides is 1. The lowest BCUT2D eigenvalue weighted by Gasteiger charge is -2.55. The average Bonchev–Trinajstić information content (AvgIpc) is 2.72. The van der Waals surface area contributed by atoms with Crippen LogP contribution < -0.4 is 5.32 Å². The van der Waals surface area contributed by atoms with E-state index >= 15 is 0 Å². The van der Waals surface area contributed by atoms with Crippen LogP contribution >= 0.6 is 11.6 Å². The minimum atomic E-state index is -0.0411. The van der Waals surface area contributed by atoms with Gasteiger partial charge in [-0.3, -0.25) is 4.79 Å². The molecule has 0 unspecified atom stereocenters. The molecule has 2 N–H and O–H groups in total. The molecule has 1 amide bonds. The van der Waals surface area contributed by atoms with Gasteiger partial charge in [-0.2, -0.15) is 0 Å². The number of halogens is 1. The number of fused-ring (bicyclic) bond motifs is 3. The van der Waals surface area contributed by atoms with Gasteiger partial charge in [0.15, 0.2) is 0 Å². The van der Waals surface area contributed by atoms with Crippen molar-refractivity contribution in [2.24, 2.45) is 11.3 Å². The number of benzene rings is 2. The lowest BCUT2D eigenvalue weighted by atomic mass is 9.49. The molecule has 2 aliphatic rings. The highest BCUT2D eigenvalue weighted by Gasteiger charge is 2.51. The van der Waals surface area contributed by atoms with Crippen molar-refractivity contribution >= 4 is 17.5 Å². The van der Waals surface area contributed by atoms with Crippen molar-refractivity contribution in [1.82, 2.24) is 5.32 Å². The van der Waals surface area contributed by atoms with Crippen LogP contribution in [0, 0.1) is 11.3 Å². The van der Waals surface area contributed by atoms with E-state index in [1.54, 1.807) is 24.3 Å². The highest BCUT2D eigenvalue weighted by molar-refractivity contribution is 6.30. The van der Waals surface area contributed by atoms with Crippen molar-refractivity contribution in [3.05, 3.63) is 63.7 Å². The zero-order chi connectivity index (χ0) is 22.4. The molecule has 0 heterocycles. The molecule has 2 aromatic carbocycles. The third kappa shape index (κ3) is 3.98. The van der Waals surface area contributed by atoms with Gasteiger partial charge in [-0.15, -0.1) is 0 Å². The first-order chi connectivity index (χ1) is 14.6. The molecular weight excluding hydrogens is 406 g/mol. The van der Waals surface area contributed by atoms with Gasteiger partial charge >= 0.3 is 0 Å². The largest absolute Gasteiger partial charge is 0.508 e.